The number of hydrogen-bond donors (Lipinski definition) is 0. The third-order valence-corrected chi connectivity index (χ3v) is 1.60. The molecule has 1 aromatic rings. The highest BCUT2D eigenvalue weighted by Gasteiger charge is 2.01. The van der Waals surface area contributed by atoms with Crippen molar-refractivity contribution in [1.29, 1.82) is 5.26 Å². The quantitative estimate of drug-likeness (QED) is 0.486. The van der Waals surface area contributed by atoms with Crippen molar-refractivity contribution in [3.63, 3.8) is 0 Å². The van der Waals surface area contributed by atoms with Gasteiger partial charge in [-0.2, -0.15) is 5.26 Å². The van der Waals surface area contributed by atoms with Gasteiger partial charge < -0.3 is 4.74 Å². The van der Waals surface area contributed by atoms with Crippen LogP contribution in [0.1, 0.15) is 11.1 Å². The van der Waals surface area contributed by atoms with Gasteiger partial charge in [-0.05, 0) is 24.1 Å². The summed E-state index contributed by atoms with van der Waals surface area (Å²) in [5, 5.41) is 8.75. The summed E-state index contributed by atoms with van der Waals surface area (Å²) in [4.78, 5) is 9.99. The highest BCUT2D eigenvalue weighted by atomic mass is 16.5. The molecule has 0 fully saturated rings. The maximum absolute atomic E-state index is 9.99. The van der Waals surface area contributed by atoms with Gasteiger partial charge in [-0.1, -0.05) is 5.92 Å². The zero-order valence-electron chi connectivity index (χ0n) is 7.57. The van der Waals surface area contributed by atoms with Crippen LogP contribution in [0.15, 0.2) is 18.2 Å². The highest BCUT2D eigenvalue weighted by Crippen LogP contribution is 2.17. The van der Waals surface area contributed by atoms with E-state index in [4.69, 9.17) is 10.00 Å². The van der Waals surface area contributed by atoms with E-state index >= 15 is 0 Å². The van der Waals surface area contributed by atoms with Gasteiger partial charge >= 0.3 is 0 Å². The van der Waals surface area contributed by atoms with E-state index in [-0.39, 0.29) is 0 Å². The van der Waals surface area contributed by atoms with E-state index in [2.05, 4.69) is 11.8 Å². The maximum Gasteiger partial charge on any atom is 0.193 e. The van der Waals surface area contributed by atoms with Gasteiger partial charge in [0, 0.05) is 5.56 Å². The number of aldehydes is 1. The molecular weight excluding hydrogens is 178 g/mol. The van der Waals surface area contributed by atoms with Crippen molar-refractivity contribution in [2.24, 2.45) is 0 Å². The second-order valence-corrected chi connectivity index (χ2v) is 2.41. The SMILES string of the molecule is COc1ccc(C#CC=O)cc1C#N. The largest absolute Gasteiger partial charge is 0.495 e. The fourth-order valence-electron chi connectivity index (χ4n) is 0.986. The van der Waals surface area contributed by atoms with E-state index in [0.717, 1.165) is 0 Å². The number of carbonyl (C=O) groups excluding carboxylic acids is 1. The van der Waals surface area contributed by atoms with Crippen LogP contribution in [0.2, 0.25) is 0 Å². The molecule has 0 heterocycles. The summed E-state index contributed by atoms with van der Waals surface area (Å²) < 4.78 is 4.96. The van der Waals surface area contributed by atoms with Crippen molar-refractivity contribution < 1.29 is 9.53 Å². The van der Waals surface area contributed by atoms with Crippen LogP contribution in [0, 0.1) is 23.2 Å². The molecule has 0 radical (unpaired) electrons. The number of benzene rings is 1. The van der Waals surface area contributed by atoms with E-state index in [9.17, 15) is 4.79 Å². The molecule has 3 heteroatoms. The van der Waals surface area contributed by atoms with Crippen molar-refractivity contribution in [3.8, 4) is 23.7 Å². The normalized spacial score (nSPS) is 8.00. The summed E-state index contributed by atoms with van der Waals surface area (Å²) in [6.07, 6.45) is 0.510. The molecule has 0 aliphatic carbocycles. The summed E-state index contributed by atoms with van der Waals surface area (Å²) in [5.41, 5.74) is 1.03. The summed E-state index contributed by atoms with van der Waals surface area (Å²) in [5.74, 6) is 5.37. The number of methoxy groups -OCH3 is 1. The third kappa shape index (κ3) is 2.12. The van der Waals surface area contributed by atoms with Crippen LogP contribution < -0.4 is 4.74 Å². The fourth-order valence-corrected chi connectivity index (χ4v) is 0.986. The molecule has 1 rings (SSSR count). The van der Waals surface area contributed by atoms with Gasteiger partial charge in [-0.15, -0.1) is 0 Å². The van der Waals surface area contributed by atoms with E-state index in [1.165, 1.54) is 7.11 Å². The van der Waals surface area contributed by atoms with Gasteiger partial charge in [0.05, 0.1) is 12.7 Å². The Kier molecular flexibility index (Phi) is 3.29. The van der Waals surface area contributed by atoms with Gasteiger partial charge in [0.2, 0.25) is 0 Å². The molecule has 0 atom stereocenters. The number of ether oxygens (including phenoxy) is 1. The van der Waals surface area contributed by atoms with Gasteiger partial charge in [-0.25, -0.2) is 0 Å². The first-order valence-electron chi connectivity index (χ1n) is 3.85. The minimum atomic E-state index is 0.408. The van der Waals surface area contributed by atoms with Crippen molar-refractivity contribution in [2.75, 3.05) is 7.11 Å². The Labute approximate surface area is 81.9 Å². The van der Waals surface area contributed by atoms with Gasteiger partial charge in [0.25, 0.3) is 0 Å². The van der Waals surface area contributed by atoms with Crippen molar-refractivity contribution in [3.05, 3.63) is 29.3 Å². The Balaban J connectivity index is 3.15. The van der Waals surface area contributed by atoms with Gasteiger partial charge in [0.1, 0.15) is 11.8 Å². The van der Waals surface area contributed by atoms with Crippen LogP contribution in [-0.2, 0) is 4.79 Å². The molecule has 0 amide bonds. The third-order valence-electron chi connectivity index (χ3n) is 1.60. The molecule has 68 valence electrons. The van der Waals surface area contributed by atoms with Crippen LogP contribution in [0.3, 0.4) is 0 Å². The van der Waals surface area contributed by atoms with Crippen LogP contribution in [0.25, 0.3) is 0 Å². The van der Waals surface area contributed by atoms with Crippen LogP contribution in [-0.4, -0.2) is 13.4 Å². The minimum absolute atomic E-state index is 0.408. The van der Waals surface area contributed by atoms with Gasteiger partial charge in [-0.3, -0.25) is 4.79 Å². The Bertz CT molecular complexity index is 447. The number of hydrogen-bond acceptors (Lipinski definition) is 3. The number of nitriles is 1. The first-order valence-corrected chi connectivity index (χ1v) is 3.85. The average molecular weight is 185 g/mol. The number of rotatable bonds is 1. The van der Waals surface area contributed by atoms with Gasteiger partial charge in [0.15, 0.2) is 6.29 Å². The average Bonchev–Trinajstić information content (AvgIpc) is 2.25. The predicted molar refractivity (Wildman–Crippen MR) is 50.7 cm³/mol. The zero-order chi connectivity index (χ0) is 10.4. The minimum Gasteiger partial charge on any atom is -0.495 e. The molecule has 14 heavy (non-hydrogen) atoms. The smallest absolute Gasteiger partial charge is 0.193 e. The highest BCUT2D eigenvalue weighted by molar-refractivity contribution is 5.74. The zero-order valence-corrected chi connectivity index (χ0v) is 7.57. The molecule has 0 spiro atoms. The number of carbonyl (C=O) groups is 1. The van der Waals surface area contributed by atoms with Crippen molar-refractivity contribution in [2.45, 2.75) is 0 Å². The molecule has 1 aromatic carbocycles. The first-order chi connectivity index (χ1) is 6.81. The second kappa shape index (κ2) is 4.69. The Morgan fingerprint density at radius 1 is 1.50 bits per heavy atom. The van der Waals surface area contributed by atoms with Crippen LogP contribution >= 0.6 is 0 Å². The lowest BCUT2D eigenvalue weighted by atomic mass is 10.1. The van der Waals surface area contributed by atoms with E-state index < -0.39 is 0 Å². The molecule has 3 nitrogen and oxygen atoms in total. The van der Waals surface area contributed by atoms with Crippen molar-refractivity contribution >= 4 is 6.29 Å². The van der Waals surface area contributed by atoms with Crippen molar-refractivity contribution in [1.82, 2.24) is 0 Å². The lowest BCUT2D eigenvalue weighted by molar-refractivity contribution is -0.103. The van der Waals surface area contributed by atoms with E-state index in [1.54, 1.807) is 18.2 Å². The fraction of sp³-hybridized carbons (Fsp3) is 0.0909. The molecule has 0 aromatic heterocycles. The first kappa shape index (κ1) is 9.83. The summed E-state index contributed by atoms with van der Waals surface area (Å²) in [7, 11) is 1.49. The molecule has 0 unspecified atom stereocenters. The van der Waals surface area contributed by atoms with Crippen LogP contribution in [0.5, 0.6) is 5.75 Å². The molecule has 0 saturated carbocycles. The Hall–Kier alpha value is -2.26. The van der Waals surface area contributed by atoms with E-state index in [0.29, 0.717) is 23.2 Å². The molecular formula is C11H7NO2. The lowest BCUT2D eigenvalue weighted by Crippen LogP contribution is -1.88. The molecule has 0 saturated heterocycles. The predicted octanol–water partition coefficient (Wildman–Crippen LogP) is 1.12. The molecule has 0 N–H and O–H groups in total. The number of nitrogens with zero attached hydrogens (tertiary/aromatic N) is 1. The summed E-state index contributed by atoms with van der Waals surface area (Å²) >= 11 is 0. The van der Waals surface area contributed by atoms with E-state index in [1.807, 2.05) is 6.07 Å². The summed E-state index contributed by atoms with van der Waals surface area (Å²) in [6.45, 7) is 0. The topological polar surface area (TPSA) is 50.1 Å². The maximum atomic E-state index is 9.99. The molecule has 0 aliphatic rings. The standard InChI is InChI=1S/C11H7NO2/c1-14-11-5-4-9(3-2-6-13)7-10(11)8-12/h4-7H,1H3. The van der Waals surface area contributed by atoms with Crippen LogP contribution in [0.4, 0.5) is 0 Å². The monoisotopic (exact) mass is 185 g/mol. The second-order valence-electron chi connectivity index (χ2n) is 2.41. The Morgan fingerprint density at radius 2 is 2.29 bits per heavy atom. The lowest BCUT2D eigenvalue weighted by Gasteiger charge is -2.01. The molecule has 0 bridgehead atoms. The Morgan fingerprint density at radius 3 is 2.86 bits per heavy atom. The summed E-state index contributed by atoms with van der Waals surface area (Å²) in [6, 6.07) is 6.90. The molecule has 0 aliphatic heterocycles.